The highest BCUT2D eigenvalue weighted by molar-refractivity contribution is 6.12. The zero-order chi connectivity index (χ0) is 40.1. The first-order valence-electron chi connectivity index (χ1n) is 20.5. The van der Waals surface area contributed by atoms with Crippen LogP contribution in [-0.2, 0) is 5.41 Å². The van der Waals surface area contributed by atoms with Crippen LogP contribution in [0, 0.1) is 0 Å². The molecule has 0 atom stereocenters. The van der Waals surface area contributed by atoms with Crippen LogP contribution in [0.2, 0.25) is 0 Å². The van der Waals surface area contributed by atoms with Crippen molar-refractivity contribution in [3.8, 4) is 33.4 Å². The molecule has 0 radical (unpaired) electrons. The van der Waals surface area contributed by atoms with Crippen molar-refractivity contribution in [3.63, 3.8) is 0 Å². The van der Waals surface area contributed by atoms with Gasteiger partial charge in [0.05, 0.1) is 5.48 Å². The fraction of sp³-hybridized carbons (Fsp3) is 0.0952. The number of rotatable bonds is 4. The number of hydrogen-bond donors (Lipinski definition) is 0. The first-order chi connectivity index (χ1) is 26.3. The molecule has 0 saturated carbocycles. The van der Waals surface area contributed by atoms with Gasteiger partial charge in [0, 0.05) is 29.4 Å². The lowest BCUT2D eigenvalue weighted by molar-refractivity contribution is 0.590. The lowest BCUT2D eigenvalue weighted by Crippen LogP contribution is -2.10. The van der Waals surface area contributed by atoms with E-state index in [1.807, 2.05) is 42.5 Å². The van der Waals surface area contributed by atoms with E-state index in [1.165, 1.54) is 0 Å². The number of benzene rings is 7. The summed E-state index contributed by atoms with van der Waals surface area (Å²) in [7, 11) is 0. The summed E-state index contributed by atoms with van der Waals surface area (Å²) in [6, 6.07) is 36.7. The van der Waals surface area contributed by atoms with Gasteiger partial charge in [0.25, 0.3) is 0 Å². The van der Waals surface area contributed by atoms with Gasteiger partial charge in [-0.25, -0.2) is 0 Å². The number of para-hydroxylation sites is 2. The van der Waals surface area contributed by atoms with Crippen LogP contribution in [0.4, 0.5) is 17.1 Å². The predicted octanol–water partition coefficient (Wildman–Crippen LogP) is 12.1. The molecule has 0 bridgehead atoms. The molecule has 7 aromatic rings. The van der Waals surface area contributed by atoms with Gasteiger partial charge in [0.1, 0.15) is 0 Å². The molecule has 206 valence electrons. The average Bonchev–Trinajstić information content (AvgIpc) is 3.13. The minimum Gasteiger partial charge on any atom is -0.310 e. The molecule has 0 unspecified atom stereocenters. The smallest absolute Gasteiger partial charge is 0.0629 e. The molecule has 7 aromatic carbocycles. The molecule has 1 heteroatoms. The molecule has 1 aliphatic rings. The van der Waals surface area contributed by atoms with E-state index in [4.69, 9.17) is 17.8 Å². The van der Waals surface area contributed by atoms with Crippen molar-refractivity contribution in [2.75, 3.05) is 4.90 Å². The minimum absolute atomic E-state index is 0.203. The van der Waals surface area contributed by atoms with Crippen molar-refractivity contribution in [2.24, 2.45) is 0 Å². The SMILES string of the molecule is [2H]c1c([2H])c(C(C([2H])([2H])[2H])(C([2H])([2H])[2H])C([2H])([2H])[2H])c([2H])c([2H])c1-c1ccc2cc3c(cc2c1)-c1cc2ccc(N(c4ccccc4)c4ccccc4)cc2cc1-3. The summed E-state index contributed by atoms with van der Waals surface area (Å²) in [5.41, 5.74) is 2.51. The van der Waals surface area contributed by atoms with Crippen LogP contribution in [-0.4, -0.2) is 0 Å². The highest BCUT2D eigenvalue weighted by atomic mass is 15.1. The highest BCUT2D eigenvalue weighted by Crippen LogP contribution is 2.51. The molecule has 0 spiro atoms. The second-order valence-electron chi connectivity index (χ2n) is 10.9. The first-order valence-corrected chi connectivity index (χ1v) is 14.0. The van der Waals surface area contributed by atoms with Crippen molar-refractivity contribution in [1.82, 2.24) is 0 Å². The zero-order valence-corrected chi connectivity index (χ0v) is 23.0. The molecule has 0 aromatic heterocycles. The maximum Gasteiger partial charge on any atom is 0.0629 e. The van der Waals surface area contributed by atoms with Gasteiger partial charge in [-0.3, -0.25) is 0 Å². The van der Waals surface area contributed by atoms with E-state index in [0.29, 0.717) is 0 Å². The van der Waals surface area contributed by atoms with Crippen LogP contribution in [0.1, 0.15) is 43.9 Å². The Morgan fingerprint density at radius 3 is 1.53 bits per heavy atom. The van der Waals surface area contributed by atoms with Crippen LogP contribution in [0.25, 0.3) is 54.9 Å². The third-order valence-electron chi connectivity index (χ3n) is 8.09. The lowest BCUT2D eigenvalue weighted by atomic mass is 9.77. The van der Waals surface area contributed by atoms with Gasteiger partial charge >= 0.3 is 0 Å². The third-order valence-corrected chi connectivity index (χ3v) is 8.09. The van der Waals surface area contributed by atoms with Gasteiger partial charge in [0.15, 0.2) is 0 Å². The number of fused-ring (bicyclic) bond motifs is 6. The summed E-state index contributed by atoms with van der Waals surface area (Å²) in [6.07, 6.45) is 0. The summed E-state index contributed by atoms with van der Waals surface area (Å²) in [6.45, 7) is -11.2. The monoisotopic (exact) mass is 564 g/mol. The standard InChI is InChI=1S/C42H33N/c1-42(2,3)34-19-16-28(17-20-34)29-14-15-30-24-38-40(26-32(30)22-29)39-25-31-18-21-37(23-33(31)27-41(38)39)43(35-10-6-4-7-11-35)36-12-8-5-9-13-36/h4-27H,1-3H3/i1D3,2D3,3D3,16D,17D,19D,20D. The van der Waals surface area contributed by atoms with E-state index in [1.54, 1.807) is 18.2 Å². The van der Waals surface area contributed by atoms with Crippen LogP contribution in [0.5, 0.6) is 0 Å². The van der Waals surface area contributed by atoms with Gasteiger partial charge in [-0.2, -0.15) is 0 Å². The fourth-order valence-corrected chi connectivity index (χ4v) is 5.95. The molecule has 0 aliphatic heterocycles. The number of hydrogen-bond acceptors (Lipinski definition) is 1. The van der Waals surface area contributed by atoms with Crippen LogP contribution in [0.15, 0.2) is 145 Å². The molecule has 0 heterocycles. The molecular formula is C42H33N. The van der Waals surface area contributed by atoms with Gasteiger partial charge in [-0.1, -0.05) is 99.3 Å². The number of nitrogens with zero attached hydrogens (tertiary/aromatic N) is 1. The summed E-state index contributed by atoms with van der Waals surface area (Å²) in [4.78, 5) is 2.22. The highest BCUT2D eigenvalue weighted by Gasteiger charge is 2.24. The largest absolute Gasteiger partial charge is 0.310 e. The third kappa shape index (κ3) is 4.40. The Morgan fingerprint density at radius 1 is 0.465 bits per heavy atom. The van der Waals surface area contributed by atoms with E-state index in [0.717, 1.165) is 60.9 Å². The molecule has 0 amide bonds. The molecule has 1 nitrogen and oxygen atoms in total. The Kier molecular flexibility index (Phi) is 3.47. The molecule has 1 aliphatic carbocycles. The number of anilines is 3. The van der Waals surface area contributed by atoms with Gasteiger partial charge in [0.2, 0.25) is 0 Å². The van der Waals surface area contributed by atoms with Crippen LogP contribution < -0.4 is 4.90 Å². The van der Waals surface area contributed by atoms with E-state index < -0.39 is 55.7 Å². The van der Waals surface area contributed by atoms with Gasteiger partial charge in [-0.15, -0.1) is 0 Å². The van der Waals surface area contributed by atoms with E-state index >= 15 is 0 Å². The van der Waals surface area contributed by atoms with E-state index in [-0.39, 0.29) is 11.1 Å². The predicted molar refractivity (Wildman–Crippen MR) is 185 cm³/mol. The first kappa shape index (κ1) is 15.4. The van der Waals surface area contributed by atoms with Crippen molar-refractivity contribution < 1.29 is 17.8 Å². The maximum atomic E-state index is 8.87. The van der Waals surface area contributed by atoms with Crippen molar-refractivity contribution in [2.45, 2.75) is 26.0 Å². The Bertz CT molecular complexity index is 2590. The summed E-state index contributed by atoms with van der Waals surface area (Å²) in [5.74, 6) is 0. The topological polar surface area (TPSA) is 3.24 Å². The summed E-state index contributed by atoms with van der Waals surface area (Å²) >= 11 is 0. The Morgan fingerprint density at radius 2 is 0.977 bits per heavy atom. The molecule has 43 heavy (non-hydrogen) atoms. The lowest BCUT2D eigenvalue weighted by Gasteiger charge is -2.28. The van der Waals surface area contributed by atoms with E-state index in [2.05, 4.69) is 65.6 Å². The Hall–Kier alpha value is -5.14. The maximum absolute atomic E-state index is 8.87. The quantitative estimate of drug-likeness (QED) is 0.205. The summed E-state index contributed by atoms with van der Waals surface area (Å²) in [5, 5.41) is 3.72. The molecule has 0 fully saturated rings. The second kappa shape index (κ2) is 9.71. The second-order valence-corrected chi connectivity index (χ2v) is 10.9. The average molecular weight is 565 g/mol. The van der Waals surface area contributed by atoms with Crippen molar-refractivity contribution in [3.05, 3.63) is 151 Å². The van der Waals surface area contributed by atoms with Crippen molar-refractivity contribution in [1.29, 1.82) is 0 Å². The van der Waals surface area contributed by atoms with E-state index in [9.17, 15) is 0 Å². The van der Waals surface area contributed by atoms with Crippen molar-refractivity contribution >= 4 is 38.6 Å². The zero-order valence-electron chi connectivity index (χ0n) is 36.0. The molecule has 0 N–H and O–H groups in total. The van der Waals surface area contributed by atoms with Crippen LogP contribution in [0.3, 0.4) is 0 Å². The van der Waals surface area contributed by atoms with Gasteiger partial charge in [-0.05, 0) is 133 Å². The molecular weight excluding hydrogens is 518 g/mol. The van der Waals surface area contributed by atoms with Gasteiger partial charge < -0.3 is 4.90 Å². The minimum atomic E-state index is -3.74. The summed E-state index contributed by atoms with van der Waals surface area (Å²) < 4.78 is 108. The Balaban J connectivity index is 1.21. The molecule has 8 rings (SSSR count). The fourth-order valence-electron chi connectivity index (χ4n) is 5.95. The Labute approximate surface area is 272 Å². The normalized spacial score (nSPS) is 17.3. The molecule has 0 saturated heterocycles. The van der Waals surface area contributed by atoms with Crippen LogP contribution >= 0.6 is 0 Å².